The van der Waals surface area contributed by atoms with Gasteiger partial charge in [-0.05, 0) is 51.5 Å². The van der Waals surface area contributed by atoms with Gasteiger partial charge in [0, 0.05) is 18.6 Å². The minimum Gasteiger partial charge on any atom is -0.368 e. The summed E-state index contributed by atoms with van der Waals surface area (Å²) in [5.74, 6) is 0.294. The molecular formula is C15H29N3O. The van der Waals surface area contributed by atoms with Crippen LogP contribution >= 0.6 is 0 Å². The summed E-state index contributed by atoms with van der Waals surface area (Å²) in [7, 11) is 2.13. The SMILES string of the molecule is CCC(CC)N(C)CC(NC1CC1)(C(N)=O)C1CC1. The van der Waals surface area contributed by atoms with Gasteiger partial charge in [0.1, 0.15) is 5.54 Å². The molecule has 0 spiro atoms. The Hall–Kier alpha value is -0.610. The van der Waals surface area contributed by atoms with E-state index in [2.05, 4.69) is 31.1 Å². The summed E-state index contributed by atoms with van der Waals surface area (Å²) in [5, 5.41) is 3.58. The molecular weight excluding hydrogens is 238 g/mol. The third kappa shape index (κ3) is 3.29. The minimum atomic E-state index is -0.488. The zero-order valence-electron chi connectivity index (χ0n) is 12.6. The van der Waals surface area contributed by atoms with Crippen molar-refractivity contribution in [2.75, 3.05) is 13.6 Å². The van der Waals surface area contributed by atoms with Crippen LogP contribution in [-0.2, 0) is 4.79 Å². The minimum absolute atomic E-state index is 0.153. The first-order valence-corrected chi connectivity index (χ1v) is 7.81. The van der Waals surface area contributed by atoms with Gasteiger partial charge >= 0.3 is 0 Å². The molecule has 0 aliphatic heterocycles. The van der Waals surface area contributed by atoms with Gasteiger partial charge in [0.2, 0.25) is 5.91 Å². The van der Waals surface area contributed by atoms with Gasteiger partial charge in [-0.15, -0.1) is 0 Å². The predicted octanol–water partition coefficient (Wildman–Crippen LogP) is 1.49. The lowest BCUT2D eigenvalue weighted by molar-refractivity contribution is -0.126. The van der Waals surface area contributed by atoms with E-state index >= 15 is 0 Å². The molecule has 4 nitrogen and oxygen atoms in total. The lowest BCUT2D eigenvalue weighted by Gasteiger charge is -2.38. The molecule has 1 atom stereocenters. The second-order valence-corrected chi connectivity index (χ2v) is 6.41. The van der Waals surface area contributed by atoms with Crippen LogP contribution in [0, 0.1) is 5.92 Å². The van der Waals surface area contributed by atoms with Gasteiger partial charge in [0.15, 0.2) is 0 Å². The average molecular weight is 267 g/mol. The Morgan fingerprint density at radius 2 is 1.89 bits per heavy atom. The fraction of sp³-hybridized carbons (Fsp3) is 0.933. The number of nitrogens with zero attached hydrogens (tertiary/aromatic N) is 1. The van der Waals surface area contributed by atoms with E-state index in [1.165, 1.54) is 12.8 Å². The Morgan fingerprint density at radius 1 is 1.32 bits per heavy atom. The van der Waals surface area contributed by atoms with Gasteiger partial charge in [-0.3, -0.25) is 10.1 Å². The Balaban J connectivity index is 2.09. The largest absolute Gasteiger partial charge is 0.368 e. The van der Waals surface area contributed by atoms with Gasteiger partial charge in [-0.2, -0.15) is 0 Å². The van der Waals surface area contributed by atoms with Crippen molar-refractivity contribution >= 4 is 5.91 Å². The summed E-state index contributed by atoms with van der Waals surface area (Å²) in [4.78, 5) is 14.5. The predicted molar refractivity (Wildman–Crippen MR) is 77.8 cm³/mol. The van der Waals surface area contributed by atoms with Gasteiger partial charge in [0.25, 0.3) is 0 Å². The molecule has 1 unspecified atom stereocenters. The van der Waals surface area contributed by atoms with Crippen LogP contribution in [0.5, 0.6) is 0 Å². The normalized spacial score (nSPS) is 22.8. The molecule has 0 aromatic heterocycles. The topological polar surface area (TPSA) is 58.4 Å². The Bertz CT molecular complexity index is 321. The number of rotatable bonds is 9. The number of hydrogen-bond acceptors (Lipinski definition) is 3. The van der Waals surface area contributed by atoms with Gasteiger partial charge in [0.05, 0.1) is 0 Å². The molecule has 1 amide bonds. The molecule has 2 aliphatic carbocycles. The maximum absolute atomic E-state index is 12.1. The highest BCUT2D eigenvalue weighted by atomic mass is 16.1. The second-order valence-electron chi connectivity index (χ2n) is 6.41. The van der Waals surface area contributed by atoms with Crippen LogP contribution in [0.3, 0.4) is 0 Å². The molecule has 0 bridgehead atoms. The number of carbonyl (C=O) groups is 1. The number of nitrogens with one attached hydrogen (secondary N) is 1. The Labute approximate surface area is 117 Å². The molecule has 0 aromatic carbocycles. The standard InChI is InChI=1S/C15H29N3O/c1-4-13(5-2)18(3)10-15(14(16)19,11-6-7-11)17-12-8-9-12/h11-13,17H,4-10H2,1-3H3,(H2,16,19). The third-order valence-corrected chi connectivity index (χ3v) is 4.82. The molecule has 2 rings (SSSR count). The van der Waals surface area contributed by atoms with E-state index in [0.29, 0.717) is 18.0 Å². The maximum Gasteiger partial charge on any atom is 0.239 e. The summed E-state index contributed by atoms with van der Waals surface area (Å²) < 4.78 is 0. The number of nitrogens with two attached hydrogens (primary N) is 1. The van der Waals surface area contributed by atoms with Crippen molar-refractivity contribution in [2.24, 2.45) is 11.7 Å². The van der Waals surface area contributed by atoms with Crippen LogP contribution in [-0.4, -0.2) is 42.0 Å². The monoisotopic (exact) mass is 267 g/mol. The quantitative estimate of drug-likeness (QED) is 0.665. The van der Waals surface area contributed by atoms with E-state index in [-0.39, 0.29) is 5.91 Å². The van der Waals surface area contributed by atoms with Crippen LogP contribution in [0.15, 0.2) is 0 Å². The smallest absolute Gasteiger partial charge is 0.239 e. The highest BCUT2D eigenvalue weighted by molar-refractivity contribution is 5.86. The van der Waals surface area contributed by atoms with Crippen molar-refractivity contribution in [3.05, 3.63) is 0 Å². The molecule has 0 saturated heterocycles. The van der Waals surface area contributed by atoms with Crippen LogP contribution in [0.25, 0.3) is 0 Å². The van der Waals surface area contributed by atoms with Crippen molar-refractivity contribution in [1.82, 2.24) is 10.2 Å². The van der Waals surface area contributed by atoms with Gasteiger partial charge in [-0.1, -0.05) is 13.8 Å². The summed E-state index contributed by atoms with van der Waals surface area (Å²) in [6.45, 7) is 5.18. The fourth-order valence-corrected chi connectivity index (χ4v) is 3.25. The fourth-order valence-electron chi connectivity index (χ4n) is 3.25. The number of carbonyl (C=O) groups excluding carboxylic acids is 1. The molecule has 3 N–H and O–H groups in total. The first-order valence-electron chi connectivity index (χ1n) is 7.81. The lowest BCUT2D eigenvalue weighted by atomic mass is 9.90. The average Bonchev–Trinajstić information content (AvgIpc) is 3.23. The lowest BCUT2D eigenvalue weighted by Crippen LogP contribution is -2.64. The van der Waals surface area contributed by atoms with Crippen LogP contribution in [0.4, 0.5) is 0 Å². The van der Waals surface area contributed by atoms with Gasteiger partial charge in [-0.25, -0.2) is 0 Å². The third-order valence-electron chi connectivity index (χ3n) is 4.82. The van der Waals surface area contributed by atoms with E-state index in [9.17, 15) is 4.79 Å². The zero-order chi connectivity index (χ0) is 14.0. The van der Waals surface area contributed by atoms with E-state index in [1.54, 1.807) is 0 Å². The summed E-state index contributed by atoms with van der Waals surface area (Å²) in [6, 6.07) is 1.06. The van der Waals surface area contributed by atoms with E-state index in [0.717, 1.165) is 32.2 Å². The molecule has 4 heteroatoms. The highest BCUT2D eigenvalue weighted by Crippen LogP contribution is 2.42. The first kappa shape index (κ1) is 14.8. The molecule has 2 saturated carbocycles. The number of likely N-dealkylation sites (N-methyl/N-ethyl adjacent to an activating group) is 1. The molecule has 0 heterocycles. The number of primary amides is 1. The van der Waals surface area contributed by atoms with Crippen molar-refractivity contribution < 1.29 is 4.79 Å². The van der Waals surface area contributed by atoms with Gasteiger partial charge < -0.3 is 10.6 Å². The van der Waals surface area contributed by atoms with Crippen LogP contribution < -0.4 is 11.1 Å². The first-order chi connectivity index (χ1) is 9.03. The van der Waals surface area contributed by atoms with Crippen molar-refractivity contribution in [1.29, 1.82) is 0 Å². The zero-order valence-corrected chi connectivity index (χ0v) is 12.6. The number of hydrogen-bond donors (Lipinski definition) is 2. The molecule has 0 aromatic rings. The van der Waals surface area contributed by atoms with Crippen LogP contribution in [0.2, 0.25) is 0 Å². The Kier molecular flexibility index (Phi) is 4.51. The van der Waals surface area contributed by atoms with Crippen molar-refractivity contribution in [3.63, 3.8) is 0 Å². The molecule has 19 heavy (non-hydrogen) atoms. The molecule has 0 radical (unpaired) electrons. The molecule has 2 fully saturated rings. The Morgan fingerprint density at radius 3 is 2.26 bits per heavy atom. The van der Waals surface area contributed by atoms with Crippen molar-refractivity contribution in [3.8, 4) is 0 Å². The van der Waals surface area contributed by atoms with Crippen LogP contribution in [0.1, 0.15) is 52.4 Å². The maximum atomic E-state index is 12.1. The summed E-state index contributed by atoms with van der Waals surface area (Å²) in [5.41, 5.74) is 5.30. The molecule has 2 aliphatic rings. The summed E-state index contributed by atoms with van der Waals surface area (Å²) in [6.07, 6.45) is 6.90. The number of amides is 1. The second kappa shape index (κ2) is 5.80. The summed E-state index contributed by atoms with van der Waals surface area (Å²) >= 11 is 0. The molecule has 110 valence electrons. The van der Waals surface area contributed by atoms with Crippen molar-refractivity contribution in [2.45, 2.75) is 70.0 Å². The van der Waals surface area contributed by atoms with E-state index < -0.39 is 5.54 Å². The highest BCUT2D eigenvalue weighted by Gasteiger charge is 2.52. The van der Waals surface area contributed by atoms with E-state index in [1.807, 2.05) is 0 Å². The van der Waals surface area contributed by atoms with E-state index in [4.69, 9.17) is 5.73 Å².